The molecule has 1 fully saturated rings. The summed E-state index contributed by atoms with van der Waals surface area (Å²) in [5.41, 5.74) is 1.30. The van der Waals surface area contributed by atoms with Crippen LogP contribution in [-0.2, 0) is 4.79 Å². The van der Waals surface area contributed by atoms with E-state index < -0.39 is 0 Å². The van der Waals surface area contributed by atoms with Gasteiger partial charge in [0, 0.05) is 13.1 Å². The fraction of sp³-hybridized carbons (Fsp3) is 0.556. The van der Waals surface area contributed by atoms with Gasteiger partial charge in [0.1, 0.15) is 0 Å². The molecule has 0 bridgehead atoms. The number of nitrogens with zero attached hydrogens (tertiary/aromatic N) is 1. The average Bonchev–Trinajstić information content (AvgIpc) is 3.11. The molecule has 24 heavy (non-hydrogen) atoms. The van der Waals surface area contributed by atoms with Crippen LogP contribution < -0.4 is 10.6 Å². The van der Waals surface area contributed by atoms with E-state index in [1.165, 1.54) is 0 Å². The van der Waals surface area contributed by atoms with Gasteiger partial charge in [-0.25, -0.2) is 4.79 Å². The Labute approximate surface area is 148 Å². The van der Waals surface area contributed by atoms with Crippen molar-refractivity contribution in [2.45, 2.75) is 44.8 Å². The van der Waals surface area contributed by atoms with E-state index in [1.807, 2.05) is 36.1 Å². The minimum atomic E-state index is -0.112. The van der Waals surface area contributed by atoms with Crippen LogP contribution in [0.25, 0.3) is 0 Å². The lowest BCUT2D eigenvalue weighted by Gasteiger charge is -2.19. The Bertz CT molecular complexity index is 559. The molecule has 0 unspecified atom stereocenters. The molecule has 1 saturated heterocycles. The third-order valence-corrected chi connectivity index (χ3v) is 5.29. The van der Waals surface area contributed by atoms with Crippen LogP contribution in [0.15, 0.2) is 24.3 Å². The number of para-hydroxylation sites is 2. The highest BCUT2D eigenvalue weighted by molar-refractivity contribution is 8.00. The normalized spacial score (nSPS) is 15.2. The van der Waals surface area contributed by atoms with Crippen molar-refractivity contribution in [2.24, 2.45) is 0 Å². The highest BCUT2D eigenvalue weighted by atomic mass is 32.2. The second kappa shape index (κ2) is 9.57. The zero-order valence-corrected chi connectivity index (χ0v) is 15.3. The van der Waals surface area contributed by atoms with Crippen molar-refractivity contribution < 1.29 is 9.59 Å². The van der Waals surface area contributed by atoms with Gasteiger partial charge in [0.05, 0.1) is 16.6 Å². The van der Waals surface area contributed by atoms with Crippen LogP contribution in [-0.4, -0.2) is 40.9 Å². The maximum atomic E-state index is 12.3. The Hall–Kier alpha value is -1.69. The van der Waals surface area contributed by atoms with Gasteiger partial charge in [0.15, 0.2) is 0 Å². The van der Waals surface area contributed by atoms with Gasteiger partial charge in [0.2, 0.25) is 5.91 Å². The van der Waals surface area contributed by atoms with Gasteiger partial charge in [-0.3, -0.25) is 4.79 Å². The van der Waals surface area contributed by atoms with Gasteiger partial charge in [-0.1, -0.05) is 25.5 Å². The maximum absolute atomic E-state index is 12.3. The minimum Gasteiger partial charge on any atom is -0.325 e. The predicted molar refractivity (Wildman–Crippen MR) is 102 cm³/mol. The lowest BCUT2D eigenvalue weighted by molar-refractivity contribution is -0.115. The van der Waals surface area contributed by atoms with E-state index in [1.54, 1.807) is 11.8 Å². The van der Waals surface area contributed by atoms with Crippen molar-refractivity contribution in [2.75, 3.05) is 29.5 Å². The van der Waals surface area contributed by atoms with Crippen molar-refractivity contribution in [1.29, 1.82) is 0 Å². The number of hydrogen-bond donors (Lipinski definition) is 2. The molecule has 2 N–H and O–H groups in total. The molecule has 0 spiro atoms. The third-order valence-electron chi connectivity index (χ3n) is 4.05. The number of urea groups is 1. The van der Waals surface area contributed by atoms with Crippen LogP contribution in [0.2, 0.25) is 0 Å². The summed E-state index contributed by atoms with van der Waals surface area (Å²) in [6.45, 7) is 5.66. The van der Waals surface area contributed by atoms with E-state index >= 15 is 0 Å². The second-order valence-corrected chi connectivity index (χ2v) is 7.47. The van der Waals surface area contributed by atoms with Gasteiger partial charge >= 0.3 is 6.03 Å². The Morgan fingerprint density at radius 2 is 1.79 bits per heavy atom. The molecule has 5 nitrogen and oxygen atoms in total. The van der Waals surface area contributed by atoms with Crippen molar-refractivity contribution in [3.63, 3.8) is 0 Å². The standard InChI is InChI=1S/C18H27N3O2S/c1-3-4-13-24-14(2)17(22)19-15-9-5-6-10-16(15)20-18(23)21-11-7-8-12-21/h5-6,9-10,14H,3-4,7-8,11-13H2,1-2H3,(H,19,22)(H,20,23)/t14-/m1/s1. The first-order valence-corrected chi connectivity index (χ1v) is 9.74. The smallest absolute Gasteiger partial charge is 0.321 e. The maximum Gasteiger partial charge on any atom is 0.321 e. The number of hydrogen-bond acceptors (Lipinski definition) is 3. The van der Waals surface area contributed by atoms with E-state index in [9.17, 15) is 9.59 Å². The number of anilines is 2. The van der Waals surface area contributed by atoms with Gasteiger partial charge in [0.25, 0.3) is 0 Å². The molecule has 6 heteroatoms. The molecule has 1 heterocycles. The molecule has 0 radical (unpaired) electrons. The van der Waals surface area contributed by atoms with Crippen LogP contribution >= 0.6 is 11.8 Å². The summed E-state index contributed by atoms with van der Waals surface area (Å²) in [7, 11) is 0. The molecule has 2 rings (SSSR count). The number of carbonyl (C=O) groups excluding carboxylic acids is 2. The summed E-state index contributed by atoms with van der Waals surface area (Å²) in [4.78, 5) is 26.4. The second-order valence-electron chi connectivity index (χ2n) is 6.03. The number of carbonyl (C=O) groups is 2. The van der Waals surface area contributed by atoms with Gasteiger partial charge < -0.3 is 15.5 Å². The number of amides is 3. The van der Waals surface area contributed by atoms with Crippen molar-refractivity contribution in [3.05, 3.63) is 24.3 Å². The van der Waals surface area contributed by atoms with Crippen molar-refractivity contribution in [1.82, 2.24) is 4.90 Å². The van der Waals surface area contributed by atoms with Crippen LogP contribution in [0, 0.1) is 0 Å². The molecule has 132 valence electrons. The first kappa shape index (κ1) is 18.6. The number of benzene rings is 1. The molecule has 0 saturated carbocycles. The summed E-state index contributed by atoms with van der Waals surface area (Å²) in [5.74, 6) is 0.956. The minimum absolute atomic E-state index is 0.0287. The molecule has 1 atom stereocenters. The number of likely N-dealkylation sites (tertiary alicyclic amines) is 1. The lowest BCUT2D eigenvalue weighted by Crippen LogP contribution is -2.32. The number of thioether (sulfide) groups is 1. The fourth-order valence-electron chi connectivity index (χ4n) is 2.53. The monoisotopic (exact) mass is 349 g/mol. The van der Waals surface area contributed by atoms with E-state index in [0.29, 0.717) is 11.4 Å². The zero-order chi connectivity index (χ0) is 17.4. The van der Waals surface area contributed by atoms with E-state index in [0.717, 1.165) is 44.5 Å². The average molecular weight is 350 g/mol. The lowest BCUT2D eigenvalue weighted by atomic mass is 10.2. The van der Waals surface area contributed by atoms with E-state index in [-0.39, 0.29) is 17.2 Å². The van der Waals surface area contributed by atoms with E-state index in [4.69, 9.17) is 0 Å². The molecule has 1 aromatic rings. The predicted octanol–water partition coefficient (Wildman–Crippen LogP) is 4.17. The summed E-state index contributed by atoms with van der Waals surface area (Å²) < 4.78 is 0. The molecular weight excluding hydrogens is 322 g/mol. The summed E-state index contributed by atoms with van der Waals surface area (Å²) in [6, 6.07) is 7.25. The molecule has 0 aromatic heterocycles. The molecule has 1 aliphatic rings. The summed E-state index contributed by atoms with van der Waals surface area (Å²) in [5, 5.41) is 5.74. The SMILES string of the molecule is CCCCS[C@H](C)C(=O)Nc1ccccc1NC(=O)N1CCCC1. The van der Waals surface area contributed by atoms with Crippen LogP contribution in [0.5, 0.6) is 0 Å². The van der Waals surface area contributed by atoms with Crippen LogP contribution in [0.3, 0.4) is 0 Å². The number of unbranched alkanes of at least 4 members (excludes halogenated alkanes) is 1. The molecule has 3 amide bonds. The Morgan fingerprint density at radius 3 is 2.42 bits per heavy atom. The zero-order valence-electron chi connectivity index (χ0n) is 14.5. The number of rotatable bonds is 7. The van der Waals surface area contributed by atoms with Crippen LogP contribution in [0.4, 0.5) is 16.2 Å². The van der Waals surface area contributed by atoms with Gasteiger partial charge in [-0.2, -0.15) is 0 Å². The van der Waals surface area contributed by atoms with Crippen LogP contribution in [0.1, 0.15) is 39.5 Å². The molecule has 1 aromatic carbocycles. The fourth-order valence-corrected chi connectivity index (χ4v) is 3.55. The first-order valence-electron chi connectivity index (χ1n) is 8.69. The summed E-state index contributed by atoms with van der Waals surface area (Å²) in [6.07, 6.45) is 4.36. The molecule has 1 aliphatic heterocycles. The largest absolute Gasteiger partial charge is 0.325 e. The third kappa shape index (κ3) is 5.44. The number of nitrogens with one attached hydrogen (secondary N) is 2. The highest BCUT2D eigenvalue weighted by Crippen LogP contribution is 2.24. The van der Waals surface area contributed by atoms with Crippen molar-refractivity contribution >= 4 is 35.1 Å². The molecular formula is C18H27N3O2S. The molecule has 0 aliphatic carbocycles. The quantitative estimate of drug-likeness (QED) is 0.726. The summed E-state index contributed by atoms with van der Waals surface area (Å²) >= 11 is 1.66. The Morgan fingerprint density at radius 1 is 1.17 bits per heavy atom. The van der Waals surface area contributed by atoms with Crippen molar-refractivity contribution in [3.8, 4) is 0 Å². The topological polar surface area (TPSA) is 61.4 Å². The van der Waals surface area contributed by atoms with Gasteiger partial charge in [-0.05, 0) is 44.1 Å². The first-order chi connectivity index (χ1) is 11.6. The van der Waals surface area contributed by atoms with Gasteiger partial charge in [-0.15, -0.1) is 11.8 Å². The Kier molecular flexibility index (Phi) is 7.43. The van der Waals surface area contributed by atoms with E-state index in [2.05, 4.69) is 17.6 Å². The highest BCUT2D eigenvalue weighted by Gasteiger charge is 2.20. The Balaban J connectivity index is 1.95.